The van der Waals surface area contributed by atoms with Crippen LogP contribution in [0.2, 0.25) is 0 Å². The van der Waals surface area contributed by atoms with E-state index in [2.05, 4.69) is 39.2 Å². The molecule has 144 valence electrons. The molecule has 2 aromatic carbocycles. The van der Waals surface area contributed by atoms with E-state index in [4.69, 9.17) is 4.74 Å². The third-order valence-electron chi connectivity index (χ3n) is 4.30. The Morgan fingerprint density at radius 3 is 2.43 bits per heavy atom. The molecule has 28 heavy (non-hydrogen) atoms. The van der Waals surface area contributed by atoms with Gasteiger partial charge in [0.15, 0.2) is 0 Å². The number of aromatic nitrogens is 2. The van der Waals surface area contributed by atoms with Crippen LogP contribution >= 0.6 is 0 Å². The van der Waals surface area contributed by atoms with Gasteiger partial charge in [0.2, 0.25) is 5.95 Å². The maximum atomic E-state index is 11.6. The molecule has 0 aliphatic carbocycles. The summed E-state index contributed by atoms with van der Waals surface area (Å²) in [6, 6.07) is 19.3. The number of carbonyl (C=O) groups is 1. The first-order valence-electron chi connectivity index (χ1n) is 9.19. The van der Waals surface area contributed by atoms with Crippen LogP contribution in [0, 0.1) is 6.92 Å². The van der Waals surface area contributed by atoms with Crippen molar-refractivity contribution in [3.05, 3.63) is 77.5 Å². The van der Waals surface area contributed by atoms with Crippen molar-refractivity contribution in [2.75, 3.05) is 23.9 Å². The van der Waals surface area contributed by atoms with Crippen molar-refractivity contribution in [3.8, 4) is 0 Å². The normalized spacial score (nSPS) is 10.4. The van der Waals surface area contributed by atoms with E-state index in [0.717, 1.165) is 24.5 Å². The van der Waals surface area contributed by atoms with Crippen LogP contribution in [0.3, 0.4) is 0 Å². The summed E-state index contributed by atoms with van der Waals surface area (Å²) >= 11 is 0. The lowest BCUT2D eigenvalue weighted by atomic mass is 10.2. The summed E-state index contributed by atoms with van der Waals surface area (Å²) in [5, 5.41) is 3.28. The van der Waals surface area contributed by atoms with Gasteiger partial charge >= 0.3 is 5.97 Å². The minimum atomic E-state index is -0.355. The number of methoxy groups -OCH3 is 1. The number of nitrogens with one attached hydrogen (secondary N) is 1. The van der Waals surface area contributed by atoms with Crippen LogP contribution in [-0.2, 0) is 11.3 Å². The highest BCUT2D eigenvalue weighted by Gasteiger charge is 2.11. The minimum absolute atomic E-state index is 0.355. The van der Waals surface area contributed by atoms with E-state index in [9.17, 15) is 4.79 Å². The molecule has 3 rings (SSSR count). The Kier molecular flexibility index (Phi) is 6.22. The van der Waals surface area contributed by atoms with Crippen molar-refractivity contribution in [1.82, 2.24) is 9.97 Å². The second kappa shape index (κ2) is 8.99. The Balaban J connectivity index is 1.79. The Bertz CT molecular complexity index is 927. The highest BCUT2D eigenvalue weighted by atomic mass is 16.5. The second-order valence-corrected chi connectivity index (χ2v) is 6.39. The number of esters is 1. The predicted octanol–water partition coefficient (Wildman–Crippen LogP) is 4.34. The molecule has 0 spiro atoms. The first-order chi connectivity index (χ1) is 13.6. The quantitative estimate of drug-likeness (QED) is 0.619. The standard InChI is InChI=1S/C22H24N4O2/c1-4-26(15-17-8-6-5-7-9-17)22-23-16(2)14-20(25-22)24-19-12-10-18(11-13-19)21(27)28-3/h5-14H,4,15H2,1-3H3,(H,23,24,25). The Morgan fingerprint density at radius 2 is 1.79 bits per heavy atom. The highest BCUT2D eigenvalue weighted by molar-refractivity contribution is 5.89. The molecular weight excluding hydrogens is 352 g/mol. The molecule has 3 aromatic rings. The number of rotatable bonds is 7. The van der Waals surface area contributed by atoms with Crippen molar-refractivity contribution >= 4 is 23.4 Å². The maximum absolute atomic E-state index is 11.6. The van der Waals surface area contributed by atoms with Crippen molar-refractivity contribution in [1.29, 1.82) is 0 Å². The maximum Gasteiger partial charge on any atom is 0.337 e. The van der Waals surface area contributed by atoms with Gasteiger partial charge in [-0.05, 0) is 43.7 Å². The SMILES string of the molecule is CCN(Cc1ccccc1)c1nc(C)cc(Nc2ccc(C(=O)OC)cc2)n1. The van der Waals surface area contributed by atoms with E-state index < -0.39 is 0 Å². The summed E-state index contributed by atoms with van der Waals surface area (Å²) in [5.41, 5.74) is 3.43. The molecule has 1 N–H and O–H groups in total. The molecule has 6 heteroatoms. The molecule has 0 bridgehead atoms. The van der Waals surface area contributed by atoms with Gasteiger partial charge in [0.1, 0.15) is 5.82 Å². The van der Waals surface area contributed by atoms with Crippen LogP contribution in [0.1, 0.15) is 28.5 Å². The smallest absolute Gasteiger partial charge is 0.337 e. The van der Waals surface area contributed by atoms with Crippen molar-refractivity contribution in [3.63, 3.8) is 0 Å². The van der Waals surface area contributed by atoms with Crippen LogP contribution in [0.4, 0.5) is 17.5 Å². The van der Waals surface area contributed by atoms with E-state index in [-0.39, 0.29) is 5.97 Å². The number of anilines is 3. The van der Waals surface area contributed by atoms with Crippen LogP contribution in [0.15, 0.2) is 60.7 Å². The van der Waals surface area contributed by atoms with E-state index in [1.165, 1.54) is 12.7 Å². The minimum Gasteiger partial charge on any atom is -0.465 e. The zero-order valence-electron chi connectivity index (χ0n) is 16.3. The summed E-state index contributed by atoms with van der Waals surface area (Å²) in [7, 11) is 1.37. The van der Waals surface area contributed by atoms with Crippen molar-refractivity contribution < 1.29 is 9.53 Å². The summed E-state index contributed by atoms with van der Waals surface area (Å²) in [6.45, 7) is 5.58. The molecule has 0 saturated heterocycles. The van der Waals surface area contributed by atoms with Gasteiger partial charge in [-0.25, -0.2) is 9.78 Å². The van der Waals surface area contributed by atoms with Crippen LogP contribution in [0.5, 0.6) is 0 Å². The van der Waals surface area contributed by atoms with E-state index in [1.807, 2.05) is 43.3 Å². The predicted molar refractivity (Wildman–Crippen MR) is 111 cm³/mol. The van der Waals surface area contributed by atoms with Gasteiger partial charge in [-0.1, -0.05) is 30.3 Å². The zero-order chi connectivity index (χ0) is 19.9. The number of hydrogen-bond acceptors (Lipinski definition) is 6. The molecule has 0 amide bonds. The Hall–Kier alpha value is -3.41. The Morgan fingerprint density at radius 1 is 1.07 bits per heavy atom. The number of aryl methyl sites for hydroxylation is 1. The molecule has 0 aliphatic rings. The molecule has 0 aliphatic heterocycles. The van der Waals surface area contributed by atoms with E-state index >= 15 is 0 Å². The molecule has 0 unspecified atom stereocenters. The van der Waals surface area contributed by atoms with Gasteiger partial charge in [-0.3, -0.25) is 0 Å². The number of nitrogens with zero attached hydrogens (tertiary/aromatic N) is 3. The van der Waals surface area contributed by atoms with Gasteiger partial charge in [0.25, 0.3) is 0 Å². The Labute approximate surface area is 165 Å². The fourth-order valence-corrected chi connectivity index (χ4v) is 2.84. The molecule has 6 nitrogen and oxygen atoms in total. The van der Waals surface area contributed by atoms with E-state index in [1.54, 1.807) is 12.1 Å². The van der Waals surface area contributed by atoms with Crippen molar-refractivity contribution in [2.45, 2.75) is 20.4 Å². The number of benzene rings is 2. The number of ether oxygens (including phenoxy) is 1. The fraction of sp³-hybridized carbons (Fsp3) is 0.227. The molecule has 0 radical (unpaired) electrons. The van der Waals surface area contributed by atoms with Gasteiger partial charge in [-0.15, -0.1) is 0 Å². The monoisotopic (exact) mass is 376 g/mol. The molecule has 1 heterocycles. The number of hydrogen-bond donors (Lipinski definition) is 1. The molecule has 0 atom stereocenters. The highest BCUT2D eigenvalue weighted by Crippen LogP contribution is 2.20. The lowest BCUT2D eigenvalue weighted by molar-refractivity contribution is 0.0601. The van der Waals surface area contributed by atoms with Gasteiger partial charge in [0, 0.05) is 30.5 Å². The lowest BCUT2D eigenvalue weighted by Gasteiger charge is -2.22. The van der Waals surface area contributed by atoms with Gasteiger partial charge < -0.3 is 15.0 Å². The summed E-state index contributed by atoms with van der Waals surface area (Å²) in [4.78, 5) is 23.0. The van der Waals surface area contributed by atoms with Gasteiger partial charge in [-0.2, -0.15) is 4.98 Å². The van der Waals surface area contributed by atoms with Crippen LogP contribution in [0.25, 0.3) is 0 Å². The fourth-order valence-electron chi connectivity index (χ4n) is 2.84. The lowest BCUT2D eigenvalue weighted by Crippen LogP contribution is -2.24. The topological polar surface area (TPSA) is 67.4 Å². The van der Waals surface area contributed by atoms with Crippen LogP contribution < -0.4 is 10.2 Å². The van der Waals surface area contributed by atoms with Crippen LogP contribution in [-0.4, -0.2) is 29.6 Å². The average molecular weight is 376 g/mol. The first-order valence-corrected chi connectivity index (χ1v) is 9.19. The van der Waals surface area contributed by atoms with E-state index in [0.29, 0.717) is 17.3 Å². The van der Waals surface area contributed by atoms with Gasteiger partial charge in [0.05, 0.1) is 12.7 Å². The summed E-state index contributed by atoms with van der Waals surface area (Å²) in [5.74, 6) is 1.03. The third kappa shape index (κ3) is 4.85. The molecule has 0 fully saturated rings. The zero-order valence-corrected chi connectivity index (χ0v) is 16.3. The molecular formula is C22H24N4O2. The summed E-state index contributed by atoms with van der Waals surface area (Å²) < 4.78 is 4.73. The third-order valence-corrected chi connectivity index (χ3v) is 4.30. The summed E-state index contributed by atoms with van der Waals surface area (Å²) in [6.07, 6.45) is 0. The largest absolute Gasteiger partial charge is 0.465 e. The number of carbonyl (C=O) groups excluding carboxylic acids is 1. The average Bonchev–Trinajstić information content (AvgIpc) is 2.72. The second-order valence-electron chi connectivity index (χ2n) is 6.39. The molecule has 0 saturated carbocycles. The first kappa shape index (κ1) is 19.4. The van der Waals surface area contributed by atoms with Crippen molar-refractivity contribution in [2.24, 2.45) is 0 Å². The molecule has 1 aromatic heterocycles.